The zero-order valence-corrected chi connectivity index (χ0v) is 14.1. The number of esters is 1. The van der Waals surface area contributed by atoms with E-state index in [4.69, 9.17) is 4.74 Å². The van der Waals surface area contributed by atoms with Gasteiger partial charge in [-0.15, -0.1) is 10.2 Å². The lowest BCUT2D eigenvalue weighted by molar-refractivity contribution is -0.146. The SMILES string of the molecule is COC(=O)[C@@H]1C[C@H]2CCCC[C@H]2N1Cc1nnc(SC)s1. The average molecular weight is 327 g/mol. The minimum absolute atomic E-state index is 0.0981. The summed E-state index contributed by atoms with van der Waals surface area (Å²) in [6.45, 7) is 0.721. The normalized spacial score (nSPS) is 29.3. The van der Waals surface area contributed by atoms with Crippen molar-refractivity contribution in [2.45, 2.75) is 55.1 Å². The third-order valence-corrected chi connectivity index (χ3v) is 6.52. The number of carbonyl (C=O) groups is 1. The van der Waals surface area contributed by atoms with Gasteiger partial charge in [0.1, 0.15) is 11.0 Å². The molecule has 0 unspecified atom stereocenters. The van der Waals surface area contributed by atoms with Crippen molar-refractivity contribution in [3.05, 3.63) is 5.01 Å². The van der Waals surface area contributed by atoms with Gasteiger partial charge in [-0.25, -0.2) is 0 Å². The highest BCUT2D eigenvalue weighted by Gasteiger charge is 2.45. The fraction of sp³-hybridized carbons (Fsp3) is 0.786. The van der Waals surface area contributed by atoms with Crippen LogP contribution in [0.15, 0.2) is 4.34 Å². The number of hydrogen-bond donors (Lipinski definition) is 0. The Morgan fingerprint density at radius 1 is 1.43 bits per heavy atom. The van der Waals surface area contributed by atoms with Crippen LogP contribution in [0.1, 0.15) is 37.1 Å². The van der Waals surface area contributed by atoms with E-state index in [1.165, 1.54) is 32.8 Å². The van der Waals surface area contributed by atoms with E-state index in [-0.39, 0.29) is 12.0 Å². The second-order valence-electron chi connectivity index (χ2n) is 5.72. The Bertz CT molecular complexity index is 508. The van der Waals surface area contributed by atoms with Crippen LogP contribution in [0.4, 0.5) is 0 Å². The van der Waals surface area contributed by atoms with Gasteiger partial charge < -0.3 is 4.74 Å². The second kappa shape index (κ2) is 6.62. The third-order valence-electron chi connectivity index (χ3n) is 4.64. The van der Waals surface area contributed by atoms with Gasteiger partial charge in [-0.2, -0.15) is 0 Å². The van der Waals surface area contributed by atoms with Crippen molar-refractivity contribution in [3.63, 3.8) is 0 Å². The summed E-state index contributed by atoms with van der Waals surface area (Å²) in [7, 11) is 1.49. The van der Waals surface area contributed by atoms with Crippen LogP contribution in [0.5, 0.6) is 0 Å². The third kappa shape index (κ3) is 3.10. The number of nitrogens with zero attached hydrogens (tertiary/aromatic N) is 3. The van der Waals surface area contributed by atoms with Crippen molar-refractivity contribution < 1.29 is 9.53 Å². The molecule has 3 atom stereocenters. The van der Waals surface area contributed by atoms with Gasteiger partial charge in [0.2, 0.25) is 0 Å². The summed E-state index contributed by atoms with van der Waals surface area (Å²) in [5.41, 5.74) is 0. The summed E-state index contributed by atoms with van der Waals surface area (Å²) in [6, 6.07) is 0.397. The Labute approximate surface area is 133 Å². The van der Waals surface area contributed by atoms with Gasteiger partial charge in [0, 0.05) is 6.04 Å². The number of ether oxygens (including phenoxy) is 1. The summed E-state index contributed by atoms with van der Waals surface area (Å²) < 4.78 is 6.00. The first-order valence-electron chi connectivity index (χ1n) is 7.43. The van der Waals surface area contributed by atoms with Crippen LogP contribution in [-0.4, -0.2) is 46.5 Å². The molecule has 0 spiro atoms. The van der Waals surface area contributed by atoms with E-state index in [9.17, 15) is 4.79 Å². The van der Waals surface area contributed by atoms with E-state index in [2.05, 4.69) is 15.1 Å². The molecule has 2 fully saturated rings. The summed E-state index contributed by atoms with van der Waals surface area (Å²) in [6.07, 6.45) is 7.92. The van der Waals surface area contributed by atoms with Crippen LogP contribution >= 0.6 is 23.1 Å². The molecule has 0 amide bonds. The molecular formula is C14H21N3O2S2. The number of hydrogen-bond acceptors (Lipinski definition) is 7. The molecular weight excluding hydrogens is 306 g/mol. The van der Waals surface area contributed by atoms with Crippen LogP contribution in [0.3, 0.4) is 0 Å². The van der Waals surface area contributed by atoms with E-state index >= 15 is 0 Å². The maximum atomic E-state index is 12.1. The van der Waals surface area contributed by atoms with Crippen molar-refractivity contribution in [1.29, 1.82) is 0 Å². The molecule has 5 nitrogen and oxygen atoms in total. The Hall–Kier alpha value is -0.660. The molecule has 0 N–H and O–H groups in total. The number of methoxy groups -OCH3 is 1. The fourth-order valence-corrected chi connectivity index (χ4v) is 5.01. The van der Waals surface area contributed by atoms with Crippen LogP contribution < -0.4 is 0 Å². The smallest absolute Gasteiger partial charge is 0.323 e. The quantitative estimate of drug-likeness (QED) is 0.626. The van der Waals surface area contributed by atoms with Crippen molar-refractivity contribution in [3.8, 4) is 0 Å². The standard InChI is InChI=1S/C14H21N3O2S2/c1-19-13(18)11-7-9-5-3-4-6-10(9)17(11)8-12-15-16-14(20-2)21-12/h9-11H,3-8H2,1-2H3/t9-,10-,11+/m1/s1. The maximum Gasteiger partial charge on any atom is 0.323 e. The van der Waals surface area contributed by atoms with E-state index < -0.39 is 0 Å². The highest BCUT2D eigenvalue weighted by Crippen LogP contribution is 2.41. The first-order valence-corrected chi connectivity index (χ1v) is 9.47. The minimum atomic E-state index is -0.107. The van der Waals surface area contributed by atoms with Crippen LogP contribution in [0, 0.1) is 5.92 Å². The van der Waals surface area contributed by atoms with Gasteiger partial charge in [-0.1, -0.05) is 35.9 Å². The lowest BCUT2D eigenvalue weighted by atomic mass is 9.85. The van der Waals surface area contributed by atoms with Gasteiger partial charge >= 0.3 is 5.97 Å². The molecule has 0 aromatic carbocycles. The number of aromatic nitrogens is 2. The summed E-state index contributed by atoms with van der Waals surface area (Å²) in [5.74, 6) is 0.537. The van der Waals surface area contributed by atoms with Gasteiger partial charge in [-0.3, -0.25) is 9.69 Å². The van der Waals surface area contributed by atoms with Crippen molar-refractivity contribution in [2.75, 3.05) is 13.4 Å². The first kappa shape index (κ1) is 15.2. The first-order chi connectivity index (χ1) is 10.2. The molecule has 0 radical (unpaired) electrons. The summed E-state index contributed by atoms with van der Waals surface area (Å²) in [5, 5.41) is 9.42. The Kier molecular flexibility index (Phi) is 4.81. The highest BCUT2D eigenvalue weighted by atomic mass is 32.2. The molecule has 3 rings (SSSR count). The topological polar surface area (TPSA) is 55.3 Å². The van der Waals surface area contributed by atoms with Crippen molar-refractivity contribution in [2.24, 2.45) is 5.92 Å². The molecule has 7 heteroatoms. The summed E-state index contributed by atoms with van der Waals surface area (Å²) in [4.78, 5) is 14.4. The molecule has 1 saturated heterocycles. The number of rotatable bonds is 4. The molecule has 2 aliphatic rings. The molecule has 2 heterocycles. The molecule has 116 valence electrons. The largest absolute Gasteiger partial charge is 0.468 e. The summed E-state index contributed by atoms with van der Waals surface area (Å²) >= 11 is 3.24. The Balaban J connectivity index is 1.78. The number of carbonyl (C=O) groups excluding carboxylic acids is 1. The zero-order chi connectivity index (χ0) is 14.8. The fourth-order valence-electron chi connectivity index (χ4n) is 3.69. The maximum absolute atomic E-state index is 12.1. The van der Waals surface area contributed by atoms with Gasteiger partial charge in [-0.05, 0) is 31.4 Å². The molecule has 1 saturated carbocycles. The average Bonchev–Trinajstić information content (AvgIpc) is 3.12. The van der Waals surface area contributed by atoms with Crippen LogP contribution in [0.25, 0.3) is 0 Å². The predicted octanol–water partition coefficient (Wildman–Crippen LogP) is 2.57. The highest BCUT2D eigenvalue weighted by molar-refractivity contribution is 8.00. The van der Waals surface area contributed by atoms with E-state index in [1.54, 1.807) is 23.1 Å². The lowest BCUT2D eigenvalue weighted by Gasteiger charge is -2.32. The molecule has 1 aliphatic carbocycles. The Morgan fingerprint density at radius 3 is 2.95 bits per heavy atom. The van der Waals surface area contributed by atoms with E-state index in [0.29, 0.717) is 12.0 Å². The minimum Gasteiger partial charge on any atom is -0.468 e. The van der Waals surface area contributed by atoms with Crippen molar-refractivity contribution in [1.82, 2.24) is 15.1 Å². The van der Waals surface area contributed by atoms with Gasteiger partial charge in [0.05, 0.1) is 13.7 Å². The molecule has 21 heavy (non-hydrogen) atoms. The predicted molar refractivity (Wildman–Crippen MR) is 83.4 cm³/mol. The van der Waals surface area contributed by atoms with Crippen LogP contribution in [0.2, 0.25) is 0 Å². The number of likely N-dealkylation sites (tertiary alicyclic amines) is 1. The van der Waals surface area contributed by atoms with E-state index in [1.807, 2.05) is 6.26 Å². The van der Waals surface area contributed by atoms with Crippen LogP contribution in [-0.2, 0) is 16.1 Å². The molecule has 0 bridgehead atoms. The molecule has 1 aromatic rings. The van der Waals surface area contributed by atoms with Gasteiger partial charge in [0.25, 0.3) is 0 Å². The second-order valence-corrected chi connectivity index (χ2v) is 7.84. The zero-order valence-electron chi connectivity index (χ0n) is 12.4. The van der Waals surface area contributed by atoms with Crippen molar-refractivity contribution >= 4 is 29.1 Å². The van der Waals surface area contributed by atoms with Gasteiger partial charge in [0.15, 0.2) is 4.34 Å². The number of thioether (sulfide) groups is 1. The lowest BCUT2D eigenvalue weighted by Crippen LogP contribution is -2.42. The Morgan fingerprint density at radius 2 is 2.24 bits per heavy atom. The van der Waals surface area contributed by atoms with E-state index in [0.717, 1.165) is 22.3 Å². The molecule has 1 aliphatic heterocycles. The molecule has 1 aromatic heterocycles. The number of fused-ring (bicyclic) bond motifs is 1. The monoisotopic (exact) mass is 327 g/mol.